The van der Waals surface area contributed by atoms with Crippen molar-refractivity contribution >= 4 is 5.91 Å². The molecule has 1 rings (SSSR count). The summed E-state index contributed by atoms with van der Waals surface area (Å²) < 4.78 is 0. The van der Waals surface area contributed by atoms with Gasteiger partial charge in [-0.25, -0.2) is 0 Å². The maximum atomic E-state index is 12.2. The number of aryl methyl sites for hydroxylation is 2. The second-order valence-corrected chi connectivity index (χ2v) is 5.18. The summed E-state index contributed by atoms with van der Waals surface area (Å²) in [6.45, 7) is 7.30. The molecular formula is C14H22N2O3. The van der Waals surface area contributed by atoms with Crippen LogP contribution in [0.5, 0.6) is 0 Å². The number of rotatable bonds is 5. The van der Waals surface area contributed by atoms with Crippen molar-refractivity contribution in [2.75, 3.05) is 6.61 Å². The fraction of sp³-hybridized carbons (Fsp3) is 0.571. The molecule has 1 amide bonds. The van der Waals surface area contributed by atoms with Crippen LogP contribution in [-0.4, -0.2) is 28.1 Å². The Balaban J connectivity index is 3.05. The van der Waals surface area contributed by atoms with E-state index in [2.05, 4.69) is 10.3 Å². The lowest BCUT2D eigenvalue weighted by atomic mass is 9.94. The average molecular weight is 266 g/mol. The lowest BCUT2D eigenvalue weighted by Gasteiger charge is -2.29. The maximum Gasteiger partial charge on any atom is 0.261 e. The van der Waals surface area contributed by atoms with Gasteiger partial charge in [0.25, 0.3) is 11.5 Å². The van der Waals surface area contributed by atoms with Crippen molar-refractivity contribution in [3.63, 3.8) is 0 Å². The van der Waals surface area contributed by atoms with Crippen LogP contribution in [0.4, 0.5) is 0 Å². The molecule has 106 valence electrons. The number of amides is 1. The molecule has 0 aromatic carbocycles. The van der Waals surface area contributed by atoms with Crippen molar-refractivity contribution in [1.29, 1.82) is 0 Å². The SMILES string of the molecule is CCC(C)(CCO)NC(=O)c1c(C)cc(C)[nH]c1=O. The van der Waals surface area contributed by atoms with E-state index in [-0.39, 0.29) is 17.7 Å². The van der Waals surface area contributed by atoms with Gasteiger partial charge < -0.3 is 15.4 Å². The van der Waals surface area contributed by atoms with E-state index in [1.807, 2.05) is 13.8 Å². The molecule has 0 aliphatic carbocycles. The number of hydrogen-bond acceptors (Lipinski definition) is 3. The Hall–Kier alpha value is -1.62. The van der Waals surface area contributed by atoms with E-state index in [9.17, 15) is 9.59 Å². The Bertz CT molecular complexity index is 522. The summed E-state index contributed by atoms with van der Waals surface area (Å²) in [6.07, 6.45) is 1.14. The second-order valence-electron chi connectivity index (χ2n) is 5.18. The highest BCUT2D eigenvalue weighted by molar-refractivity contribution is 5.95. The first kappa shape index (κ1) is 15.4. The van der Waals surface area contributed by atoms with E-state index in [0.29, 0.717) is 18.4 Å². The van der Waals surface area contributed by atoms with E-state index < -0.39 is 11.4 Å². The molecule has 1 heterocycles. The first-order valence-corrected chi connectivity index (χ1v) is 6.47. The van der Waals surface area contributed by atoms with Gasteiger partial charge in [0.2, 0.25) is 0 Å². The molecule has 0 aliphatic rings. The van der Waals surface area contributed by atoms with Gasteiger partial charge in [0.1, 0.15) is 5.56 Å². The van der Waals surface area contributed by atoms with Crippen LogP contribution in [0.15, 0.2) is 10.9 Å². The fourth-order valence-electron chi connectivity index (χ4n) is 2.05. The third kappa shape index (κ3) is 3.67. The highest BCUT2D eigenvalue weighted by Crippen LogP contribution is 2.15. The number of aromatic nitrogens is 1. The summed E-state index contributed by atoms with van der Waals surface area (Å²) in [6, 6.07) is 1.77. The third-order valence-corrected chi connectivity index (χ3v) is 3.45. The Kier molecular flexibility index (Phi) is 4.89. The highest BCUT2D eigenvalue weighted by atomic mass is 16.3. The number of aromatic amines is 1. The van der Waals surface area contributed by atoms with Crippen LogP contribution in [0, 0.1) is 13.8 Å². The number of H-pyrrole nitrogens is 1. The quantitative estimate of drug-likeness (QED) is 0.750. The number of aliphatic hydroxyl groups excluding tert-OH is 1. The molecule has 0 spiro atoms. The molecule has 5 heteroatoms. The predicted octanol–water partition coefficient (Wildman–Crippen LogP) is 1.27. The van der Waals surface area contributed by atoms with Gasteiger partial charge in [-0.05, 0) is 45.2 Å². The standard InChI is InChI=1S/C14H22N2O3/c1-5-14(4,6-7-17)16-13(19)11-9(2)8-10(3)15-12(11)18/h8,17H,5-7H2,1-4H3,(H,15,18)(H,16,19). The minimum atomic E-state index is -0.504. The van der Waals surface area contributed by atoms with Crippen molar-refractivity contribution < 1.29 is 9.90 Å². The molecule has 19 heavy (non-hydrogen) atoms. The first-order chi connectivity index (χ1) is 8.83. The number of nitrogens with one attached hydrogen (secondary N) is 2. The Labute approximate surface area is 113 Å². The summed E-state index contributed by atoms with van der Waals surface area (Å²) in [5.74, 6) is -0.392. The van der Waals surface area contributed by atoms with Crippen molar-refractivity contribution in [3.05, 3.63) is 33.2 Å². The molecule has 0 aliphatic heterocycles. The van der Waals surface area contributed by atoms with Gasteiger partial charge in [-0.3, -0.25) is 9.59 Å². The van der Waals surface area contributed by atoms with E-state index in [0.717, 1.165) is 5.69 Å². The van der Waals surface area contributed by atoms with Crippen LogP contribution in [0.2, 0.25) is 0 Å². The third-order valence-electron chi connectivity index (χ3n) is 3.45. The lowest BCUT2D eigenvalue weighted by Crippen LogP contribution is -2.47. The van der Waals surface area contributed by atoms with E-state index >= 15 is 0 Å². The second kappa shape index (κ2) is 6.02. The van der Waals surface area contributed by atoms with Crippen LogP contribution >= 0.6 is 0 Å². The number of hydrogen-bond donors (Lipinski definition) is 3. The van der Waals surface area contributed by atoms with Crippen molar-refractivity contribution in [2.45, 2.75) is 46.1 Å². The lowest BCUT2D eigenvalue weighted by molar-refractivity contribution is 0.0884. The predicted molar refractivity (Wildman–Crippen MR) is 74.4 cm³/mol. The number of carbonyl (C=O) groups excluding carboxylic acids is 1. The van der Waals surface area contributed by atoms with Crippen molar-refractivity contribution in [2.24, 2.45) is 0 Å². The summed E-state index contributed by atoms with van der Waals surface area (Å²) in [5.41, 5.74) is 0.643. The Morgan fingerprint density at radius 2 is 2.11 bits per heavy atom. The van der Waals surface area contributed by atoms with E-state index in [1.165, 1.54) is 0 Å². The average Bonchev–Trinajstić information content (AvgIpc) is 2.27. The normalized spacial score (nSPS) is 13.9. The number of carbonyl (C=O) groups is 1. The van der Waals surface area contributed by atoms with Gasteiger partial charge in [-0.15, -0.1) is 0 Å². The summed E-state index contributed by atoms with van der Waals surface area (Å²) >= 11 is 0. The smallest absolute Gasteiger partial charge is 0.261 e. The topological polar surface area (TPSA) is 82.2 Å². The van der Waals surface area contributed by atoms with Gasteiger partial charge >= 0.3 is 0 Å². The fourth-order valence-corrected chi connectivity index (χ4v) is 2.05. The van der Waals surface area contributed by atoms with Crippen LogP contribution in [0.1, 0.15) is 48.3 Å². The van der Waals surface area contributed by atoms with Crippen LogP contribution < -0.4 is 10.9 Å². The Morgan fingerprint density at radius 3 is 2.58 bits per heavy atom. The molecule has 1 aromatic heterocycles. The molecule has 3 N–H and O–H groups in total. The van der Waals surface area contributed by atoms with Gasteiger partial charge in [0.05, 0.1) is 0 Å². The number of pyridine rings is 1. The van der Waals surface area contributed by atoms with Gasteiger partial charge in [0, 0.05) is 17.8 Å². The summed E-state index contributed by atoms with van der Waals surface area (Å²) in [5, 5.41) is 11.9. The molecule has 0 radical (unpaired) electrons. The Morgan fingerprint density at radius 1 is 1.47 bits per heavy atom. The van der Waals surface area contributed by atoms with Crippen molar-refractivity contribution in [3.8, 4) is 0 Å². The molecule has 0 saturated carbocycles. The largest absolute Gasteiger partial charge is 0.396 e. The zero-order valence-electron chi connectivity index (χ0n) is 12.0. The molecule has 0 fully saturated rings. The zero-order valence-corrected chi connectivity index (χ0v) is 12.0. The van der Waals surface area contributed by atoms with Gasteiger partial charge in [-0.2, -0.15) is 0 Å². The maximum absolute atomic E-state index is 12.2. The highest BCUT2D eigenvalue weighted by Gasteiger charge is 2.26. The molecule has 0 saturated heterocycles. The molecule has 1 unspecified atom stereocenters. The van der Waals surface area contributed by atoms with Crippen LogP contribution in [0.25, 0.3) is 0 Å². The molecule has 1 aromatic rings. The van der Waals surface area contributed by atoms with Crippen LogP contribution in [-0.2, 0) is 0 Å². The molecule has 5 nitrogen and oxygen atoms in total. The molecule has 0 bridgehead atoms. The number of aliphatic hydroxyl groups is 1. The minimum absolute atomic E-state index is 0.00609. The first-order valence-electron chi connectivity index (χ1n) is 6.47. The van der Waals surface area contributed by atoms with Crippen molar-refractivity contribution in [1.82, 2.24) is 10.3 Å². The van der Waals surface area contributed by atoms with E-state index in [1.54, 1.807) is 19.9 Å². The van der Waals surface area contributed by atoms with Gasteiger partial charge in [-0.1, -0.05) is 6.92 Å². The molecular weight excluding hydrogens is 244 g/mol. The van der Waals surface area contributed by atoms with E-state index in [4.69, 9.17) is 5.11 Å². The van der Waals surface area contributed by atoms with Crippen LogP contribution in [0.3, 0.4) is 0 Å². The molecule has 1 atom stereocenters. The minimum Gasteiger partial charge on any atom is -0.396 e. The summed E-state index contributed by atoms with van der Waals surface area (Å²) in [4.78, 5) is 26.7. The zero-order chi connectivity index (χ0) is 14.6. The summed E-state index contributed by atoms with van der Waals surface area (Å²) in [7, 11) is 0. The van der Waals surface area contributed by atoms with Gasteiger partial charge in [0.15, 0.2) is 0 Å². The monoisotopic (exact) mass is 266 g/mol.